The van der Waals surface area contributed by atoms with Crippen LogP contribution in [0.25, 0.3) is 17.3 Å². The number of benzene rings is 4. The Morgan fingerprint density at radius 3 is 2.36 bits per heavy atom. The van der Waals surface area contributed by atoms with Crippen LogP contribution in [0.2, 0.25) is 0 Å². The van der Waals surface area contributed by atoms with E-state index in [-0.39, 0.29) is 17.5 Å². The number of ether oxygens (including phenoxy) is 1. The van der Waals surface area contributed by atoms with Crippen molar-refractivity contribution < 1.29 is 19.1 Å². The lowest BCUT2D eigenvalue weighted by molar-refractivity contribution is -0.115. The van der Waals surface area contributed by atoms with Gasteiger partial charge in [0.25, 0.3) is 11.8 Å². The average Bonchev–Trinajstić information content (AvgIpc) is 3.54. The van der Waals surface area contributed by atoms with E-state index in [4.69, 9.17) is 4.74 Å². The molecule has 0 radical (unpaired) electrons. The van der Waals surface area contributed by atoms with Crippen molar-refractivity contribution in [1.82, 2.24) is 10.3 Å². The number of rotatable bonds is 12. The third-order valence-electron chi connectivity index (χ3n) is 6.87. The predicted molar refractivity (Wildman–Crippen MR) is 191 cm³/mol. The number of nitrogens with one attached hydrogen (secondary N) is 3. The van der Waals surface area contributed by atoms with Crippen molar-refractivity contribution in [2.75, 3.05) is 17.2 Å². The first-order valence-corrected chi connectivity index (χ1v) is 16.8. The van der Waals surface area contributed by atoms with Crippen molar-refractivity contribution in [1.29, 1.82) is 0 Å². The summed E-state index contributed by atoms with van der Waals surface area (Å²) in [5.74, 6) is -0.214. The van der Waals surface area contributed by atoms with Gasteiger partial charge in [0.2, 0.25) is 5.91 Å². The number of hydrogen-bond acceptors (Lipinski definition) is 7. The van der Waals surface area contributed by atoms with Gasteiger partial charge in [0.05, 0.1) is 17.6 Å². The summed E-state index contributed by atoms with van der Waals surface area (Å²) < 4.78 is 5.50. The molecule has 5 rings (SSSR count). The number of anilines is 2. The zero-order chi connectivity index (χ0) is 33.2. The Labute approximate surface area is 282 Å². The molecule has 0 aliphatic heterocycles. The minimum atomic E-state index is -0.461. The molecule has 238 valence electrons. The number of hydrogen-bond donors (Lipinski definition) is 3. The van der Waals surface area contributed by atoms with E-state index < -0.39 is 11.2 Å². The van der Waals surface area contributed by atoms with Crippen molar-refractivity contribution in [3.8, 4) is 17.0 Å². The maximum Gasteiger partial charge on any atom is 0.272 e. The Bertz CT molecular complexity index is 1870. The number of aryl methyl sites for hydroxylation is 1. The van der Waals surface area contributed by atoms with Crippen molar-refractivity contribution in [2.45, 2.75) is 30.9 Å². The molecule has 3 N–H and O–H groups in total. The molecule has 0 bridgehead atoms. The minimum Gasteiger partial charge on any atom is -0.494 e. The number of thiazole rings is 1. The maximum absolute atomic E-state index is 13.4. The van der Waals surface area contributed by atoms with Crippen LogP contribution in [0.15, 0.2) is 119 Å². The summed E-state index contributed by atoms with van der Waals surface area (Å²) in [5.41, 5.74) is 4.64. The molecule has 8 nitrogen and oxygen atoms in total. The van der Waals surface area contributed by atoms with Gasteiger partial charge in [0.15, 0.2) is 5.13 Å². The fourth-order valence-corrected chi connectivity index (χ4v) is 6.09. The highest BCUT2D eigenvalue weighted by Crippen LogP contribution is 2.29. The van der Waals surface area contributed by atoms with Crippen LogP contribution in [-0.2, 0) is 9.59 Å². The van der Waals surface area contributed by atoms with E-state index in [1.807, 2.05) is 92.9 Å². The first kappa shape index (κ1) is 33.2. The van der Waals surface area contributed by atoms with Gasteiger partial charge in [0, 0.05) is 27.1 Å². The van der Waals surface area contributed by atoms with Crippen molar-refractivity contribution in [2.24, 2.45) is 0 Å². The third-order valence-corrected chi connectivity index (χ3v) is 8.74. The van der Waals surface area contributed by atoms with E-state index >= 15 is 0 Å². The second-order valence-electron chi connectivity index (χ2n) is 10.5. The van der Waals surface area contributed by atoms with Crippen molar-refractivity contribution >= 4 is 57.7 Å². The zero-order valence-corrected chi connectivity index (χ0v) is 27.8. The SMILES string of the molecule is CCOc1ccc(-c2csc(NC(=O)C(C)Sc3ccc(NC(=O)/C(=C/c4cccc(C)c4)NC(=O)c4ccccc4)cc3)n2)cc1. The Morgan fingerprint density at radius 1 is 0.915 bits per heavy atom. The molecule has 3 amide bonds. The zero-order valence-electron chi connectivity index (χ0n) is 26.2. The fourth-order valence-electron chi connectivity index (χ4n) is 4.50. The molecule has 47 heavy (non-hydrogen) atoms. The third kappa shape index (κ3) is 9.41. The molecule has 5 aromatic rings. The molecule has 0 spiro atoms. The number of carbonyl (C=O) groups excluding carboxylic acids is 3. The number of thioether (sulfide) groups is 1. The standard InChI is InChI=1S/C37H34N4O4S2/c1-4-45-30-17-13-27(14-18-30)33-23-46-37(40-33)41-34(42)25(3)47-31-19-15-29(16-20-31)38-36(44)32(22-26-10-8-9-24(2)21-26)39-35(43)28-11-6-5-7-12-28/h5-23,25H,4H2,1-3H3,(H,38,44)(H,39,43)(H,40,41,42)/b32-22-. The Morgan fingerprint density at radius 2 is 1.66 bits per heavy atom. The molecule has 1 heterocycles. The molecular weight excluding hydrogens is 629 g/mol. The number of aromatic nitrogens is 1. The molecule has 0 aliphatic carbocycles. The summed E-state index contributed by atoms with van der Waals surface area (Å²) >= 11 is 2.76. The van der Waals surface area contributed by atoms with E-state index in [0.717, 1.165) is 33.0 Å². The van der Waals surface area contributed by atoms with Gasteiger partial charge < -0.3 is 20.7 Å². The lowest BCUT2D eigenvalue weighted by Crippen LogP contribution is -2.30. The molecule has 0 saturated carbocycles. The fraction of sp³-hybridized carbons (Fsp3) is 0.135. The largest absolute Gasteiger partial charge is 0.494 e. The van der Waals surface area contributed by atoms with Crippen LogP contribution in [0.4, 0.5) is 10.8 Å². The van der Waals surface area contributed by atoms with Crippen LogP contribution in [0, 0.1) is 6.92 Å². The number of carbonyl (C=O) groups is 3. The lowest BCUT2D eigenvalue weighted by atomic mass is 10.1. The average molecular weight is 663 g/mol. The molecule has 0 fully saturated rings. The first-order valence-electron chi connectivity index (χ1n) is 15.0. The molecule has 0 saturated heterocycles. The summed E-state index contributed by atoms with van der Waals surface area (Å²) in [7, 11) is 0. The van der Waals surface area contributed by atoms with Crippen LogP contribution in [0.3, 0.4) is 0 Å². The first-order chi connectivity index (χ1) is 22.8. The van der Waals surface area contributed by atoms with Gasteiger partial charge in [-0.15, -0.1) is 23.1 Å². The summed E-state index contributed by atoms with van der Waals surface area (Å²) in [5, 5.41) is 10.6. The lowest BCUT2D eigenvalue weighted by Gasteiger charge is -2.13. The van der Waals surface area contributed by atoms with E-state index in [9.17, 15) is 14.4 Å². The number of nitrogens with zero attached hydrogens (tertiary/aromatic N) is 1. The molecule has 1 atom stereocenters. The molecular formula is C37H34N4O4S2. The Kier molecular flexibility index (Phi) is 11.2. The number of amides is 3. The minimum absolute atomic E-state index is 0.112. The molecule has 10 heteroatoms. The summed E-state index contributed by atoms with van der Waals surface area (Å²) in [6, 6.07) is 31.3. The smallest absolute Gasteiger partial charge is 0.272 e. The van der Waals surface area contributed by atoms with E-state index in [1.165, 1.54) is 23.1 Å². The van der Waals surface area contributed by atoms with Gasteiger partial charge in [-0.3, -0.25) is 14.4 Å². The Hall–Kier alpha value is -5.19. The quantitative estimate of drug-likeness (QED) is 0.0922. The second-order valence-corrected chi connectivity index (χ2v) is 12.8. The highest BCUT2D eigenvalue weighted by atomic mass is 32.2. The van der Waals surface area contributed by atoms with Crippen LogP contribution in [0.5, 0.6) is 5.75 Å². The maximum atomic E-state index is 13.4. The van der Waals surface area contributed by atoms with Crippen molar-refractivity contribution in [3.63, 3.8) is 0 Å². The van der Waals surface area contributed by atoms with E-state index in [0.29, 0.717) is 23.0 Å². The van der Waals surface area contributed by atoms with Crippen LogP contribution < -0.4 is 20.7 Å². The normalized spacial score (nSPS) is 11.8. The van der Waals surface area contributed by atoms with Gasteiger partial charge in [0.1, 0.15) is 11.4 Å². The predicted octanol–water partition coefficient (Wildman–Crippen LogP) is 8.05. The van der Waals surface area contributed by atoms with Crippen molar-refractivity contribution in [3.05, 3.63) is 131 Å². The van der Waals surface area contributed by atoms with Gasteiger partial charge >= 0.3 is 0 Å². The monoisotopic (exact) mass is 662 g/mol. The highest BCUT2D eigenvalue weighted by Gasteiger charge is 2.18. The summed E-state index contributed by atoms with van der Waals surface area (Å²) in [6.45, 7) is 6.33. The second kappa shape index (κ2) is 15.9. The van der Waals surface area contributed by atoms with Crippen LogP contribution >= 0.6 is 23.1 Å². The topological polar surface area (TPSA) is 109 Å². The van der Waals surface area contributed by atoms with Gasteiger partial charge in [-0.05, 0) is 93.1 Å². The summed E-state index contributed by atoms with van der Waals surface area (Å²) in [6.07, 6.45) is 1.65. The highest BCUT2D eigenvalue weighted by molar-refractivity contribution is 8.00. The molecule has 1 aromatic heterocycles. The van der Waals surface area contributed by atoms with E-state index in [2.05, 4.69) is 20.9 Å². The van der Waals surface area contributed by atoms with Gasteiger partial charge in [-0.1, -0.05) is 48.0 Å². The van der Waals surface area contributed by atoms with Gasteiger partial charge in [-0.2, -0.15) is 0 Å². The summed E-state index contributed by atoms with van der Waals surface area (Å²) in [4.78, 5) is 44.6. The van der Waals surface area contributed by atoms with E-state index in [1.54, 1.807) is 42.5 Å². The van der Waals surface area contributed by atoms with Crippen LogP contribution in [0.1, 0.15) is 35.3 Å². The molecule has 4 aromatic carbocycles. The van der Waals surface area contributed by atoms with Gasteiger partial charge in [-0.25, -0.2) is 4.98 Å². The Balaban J connectivity index is 1.19. The molecule has 1 unspecified atom stereocenters. The molecule has 0 aliphatic rings. The van der Waals surface area contributed by atoms with Crippen LogP contribution in [-0.4, -0.2) is 34.6 Å².